The second-order valence-electron chi connectivity index (χ2n) is 5.69. The Hall–Kier alpha value is -3.37. The van der Waals surface area contributed by atoms with Crippen LogP contribution in [0.5, 0.6) is 0 Å². The van der Waals surface area contributed by atoms with Crippen molar-refractivity contribution in [2.45, 2.75) is 12.5 Å². The van der Waals surface area contributed by atoms with Gasteiger partial charge in [0.15, 0.2) is 0 Å². The van der Waals surface area contributed by atoms with E-state index in [2.05, 4.69) is 10.3 Å². The van der Waals surface area contributed by atoms with Crippen molar-refractivity contribution in [2.75, 3.05) is 11.9 Å². The molecule has 25 heavy (non-hydrogen) atoms. The molecule has 0 saturated heterocycles. The normalized spacial score (nSPS) is 11.8. The van der Waals surface area contributed by atoms with Crippen LogP contribution in [0.3, 0.4) is 0 Å². The van der Waals surface area contributed by atoms with E-state index in [0.29, 0.717) is 6.42 Å². The Morgan fingerprint density at radius 2 is 2.12 bits per heavy atom. The Balaban J connectivity index is 1.85. The van der Waals surface area contributed by atoms with Gasteiger partial charge < -0.3 is 15.4 Å². The van der Waals surface area contributed by atoms with Gasteiger partial charge in [-0.1, -0.05) is 18.2 Å². The Morgan fingerprint density at radius 1 is 1.32 bits per heavy atom. The van der Waals surface area contributed by atoms with Crippen LogP contribution in [0.2, 0.25) is 0 Å². The lowest BCUT2D eigenvalue weighted by Gasteiger charge is -2.17. The van der Waals surface area contributed by atoms with E-state index in [1.165, 1.54) is 18.2 Å². The number of nitrogens with one attached hydrogen (secondary N) is 2. The summed E-state index contributed by atoms with van der Waals surface area (Å²) < 4.78 is 0. The molecular formula is C18H16N4O3. The van der Waals surface area contributed by atoms with Crippen molar-refractivity contribution in [3.8, 4) is 6.07 Å². The average molecular weight is 336 g/mol. The van der Waals surface area contributed by atoms with E-state index in [1.807, 2.05) is 36.5 Å². The number of aliphatic hydroxyl groups is 1. The number of anilines is 1. The van der Waals surface area contributed by atoms with Crippen molar-refractivity contribution in [3.63, 3.8) is 0 Å². The molecule has 1 aromatic heterocycles. The number of fused-ring (bicyclic) bond motifs is 1. The number of nitro benzene ring substituents is 1. The fourth-order valence-corrected chi connectivity index (χ4v) is 2.82. The molecule has 0 aliphatic rings. The lowest BCUT2D eigenvalue weighted by Crippen LogP contribution is -2.26. The van der Waals surface area contributed by atoms with Crippen LogP contribution >= 0.6 is 0 Å². The maximum atomic E-state index is 11.2. The van der Waals surface area contributed by atoms with Crippen molar-refractivity contribution >= 4 is 22.3 Å². The van der Waals surface area contributed by atoms with Crippen molar-refractivity contribution in [3.05, 3.63) is 69.9 Å². The molecule has 126 valence electrons. The van der Waals surface area contributed by atoms with Gasteiger partial charge in [0.2, 0.25) is 0 Å². The summed E-state index contributed by atoms with van der Waals surface area (Å²) in [4.78, 5) is 13.9. The number of rotatable bonds is 6. The summed E-state index contributed by atoms with van der Waals surface area (Å²) in [7, 11) is 0. The van der Waals surface area contributed by atoms with Gasteiger partial charge >= 0.3 is 0 Å². The first-order valence-electron chi connectivity index (χ1n) is 7.73. The summed E-state index contributed by atoms with van der Waals surface area (Å²) in [5.41, 5.74) is 2.32. The molecule has 3 N–H and O–H groups in total. The van der Waals surface area contributed by atoms with Gasteiger partial charge in [0.25, 0.3) is 5.69 Å². The number of aromatic amines is 1. The van der Waals surface area contributed by atoms with Crippen LogP contribution in [0, 0.1) is 21.4 Å². The molecule has 0 aliphatic carbocycles. The van der Waals surface area contributed by atoms with E-state index in [0.717, 1.165) is 16.5 Å². The van der Waals surface area contributed by atoms with Crippen molar-refractivity contribution in [2.24, 2.45) is 0 Å². The summed E-state index contributed by atoms with van der Waals surface area (Å²) in [5, 5.41) is 33.9. The predicted octanol–water partition coefficient (Wildman–Crippen LogP) is 2.96. The first kappa shape index (κ1) is 16.5. The van der Waals surface area contributed by atoms with Crippen LogP contribution in [-0.2, 0) is 6.42 Å². The standard InChI is InChI=1S/C18H16N4O3/c19-9-12-5-6-17(18(7-12)22(24)25)21-14(11-23)8-13-10-20-16-4-2-1-3-15(13)16/h1-7,10,14,20-21,23H,8,11H2. The number of aromatic nitrogens is 1. The fraction of sp³-hybridized carbons (Fsp3) is 0.167. The molecule has 1 unspecified atom stereocenters. The second-order valence-corrected chi connectivity index (χ2v) is 5.69. The number of H-pyrrole nitrogens is 1. The van der Waals surface area contributed by atoms with Gasteiger partial charge in [-0.05, 0) is 30.2 Å². The summed E-state index contributed by atoms with van der Waals surface area (Å²) >= 11 is 0. The van der Waals surface area contributed by atoms with Crippen LogP contribution in [-0.4, -0.2) is 27.7 Å². The maximum absolute atomic E-state index is 11.2. The smallest absolute Gasteiger partial charge is 0.293 e. The Bertz CT molecular complexity index is 958. The highest BCUT2D eigenvalue weighted by molar-refractivity contribution is 5.83. The third-order valence-electron chi connectivity index (χ3n) is 4.04. The first-order valence-corrected chi connectivity index (χ1v) is 7.73. The largest absolute Gasteiger partial charge is 0.394 e. The third kappa shape index (κ3) is 3.44. The fourth-order valence-electron chi connectivity index (χ4n) is 2.82. The first-order chi connectivity index (χ1) is 12.1. The molecule has 0 spiro atoms. The SMILES string of the molecule is N#Cc1ccc(NC(CO)Cc2c[nH]c3ccccc23)c([N+](=O)[O-])c1. The van der Waals surface area contributed by atoms with Gasteiger partial charge in [0, 0.05) is 23.2 Å². The molecule has 2 aromatic carbocycles. The van der Waals surface area contributed by atoms with Gasteiger partial charge in [0.1, 0.15) is 5.69 Å². The Morgan fingerprint density at radius 3 is 2.84 bits per heavy atom. The topological polar surface area (TPSA) is 115 Å². The molecule has 3 aromatic rings. The van der Waals surface area contributed by atoms with E-state index in [-0.39, 0.29) is 23.5 Å². The molecule has 3 rings (SSSR count). The molecule has 0 aliphatic heterocycles. The molecule has 0 fully saturated rings. The van der Waals surface area contributed by atoms with E-state index in [4.69, 9.17) is 5.26 Å². The zero-order valence-corrected chi connectivity index (χ0v) is 13.3. The summed E-state index contributed by atoms with van der Waals surface area (Å²) in [6.07, 6.45) is 2.37. The Kier molecular flexibility index (Phi) is 4.64. The van der Waals surface area contributed by atoms with Crippen LogP contribution < -0.4 is 5.32 Å². The minimum Gasteiger partial charge on any atom is -0.394 e. The number of nitriles is 1. The molecule has 0 radical (unpaired) electrons. The predicted molar refractivity (Wildman–Crippen MR) is 94.3 cm³/mol. The lowest BCUT2D eigenvalue weighted by molar-refractivity contribution is -0.384. The number of nitro groups is 1. The number of nitrogens with zero attached hydrogens (tertiary/aromatic N) is 2. The van der Waals surface area contributed by atoms with Gasteiger partial charge in [-0.25, -0.2) is 0 Å². The van der Waals surface area contributed by atoms with Crippen molar-refractivity contribution in [1.29, 1.82) is 5.26 Å². The number of hydrogen-bond acceptors (Lipinski definition) is 5. The highest BCUT2D eigenvalue weighted by Crippen LogP contribution is 2.27. The molecule has 1 heterocycles. The molecular weight excluding hydrogens is 320 g/mol. The molecule has 0 bridgehead atoms. The number of aliphatic hydroxyl groups excluding tert-OH is 1. The number of para-hydroxylation sites is 1. The minimum atomic E-state index is -0.538. The van der Waals surface area contributed by atoms with E-state index < -0.39 is 11.0 Å². The maximum Gasteiger partial charge on any atom is 0.293 e. The van der Waals surface area contributed by atoms with E-state index in [9.17, 15) is 15.2 Å². The molecule has 7 nitrogen and oxygen atoms in total. The average Bonchev–Trinajstić information content (AvgIpc) is 3.04. The monoisotopic (exact) mass is 336 g/mol. The zero-order chi connectivity index (χ0) is 17.8. The minimum absolute atomic E-state index is 0.184. The summed E-state index contributed by atoms with van der Waals surface area (Å²) in [5.74, 6) is 0. The van der Waals surface area contributed by atoms with Crippen LogP contribution in [0.1, 0.15) is 11.1 Å². The number of benzene rings is 2. The highest BCUT2D eigenvalue weighted by atomic mass is 16.6. The van der Waals surface area contributed by atoms with Crippen molar-refractivity contribution < 1.29 is 10.0 Å². The van der Waals surface area contributed by atoms with Gasteiger partial charge in [-0.2, -0.15) is 5.26 Å². The lowest BCUT2D eigenvalue weighted by atomic mass is 10.0. The molecule has 7 heteroatoms. The van der Waals surface area contributed by atoms with Gasteiger partial charge in [-0.3, -0.25) is 10.1 Å². The quantitative estimate of drug-likeness (QED) is 0.473. The Labute approximate surface area is 143 Å². The van der Waals surface area contributed by atoms with E-state index >= 15 is 0 Å². The number of hydrogen-bond donors (Lipinski definition) is 3. The van der Waals surface area contributed by atoms with Crippen LogP contribution in [0.15, 0.2) is 48.7 Å². The van der Waals surface area contributed by atoms with E-state index in [1.54, 1.807) is 0 Å². The summed E-state index contributed by atoms with van der Waals surface area (Å²) in [6, 6.07) is 13.5. The highest BCUT2D eigenvalue weighted by Gasteiger charge is 2.19. The van der Waals surface area contributed by atoms with Gasteiger partial charge in [-0.15, -0.1) is 0 Å². The second kappa shape index (κ2) is 7.03. The van der Waals surface area contributed by atoms with Crippen molar-refractivity contribution in [1.82, 2.24) is 4.98 Å². The zero-order valence-electron chi connectivity index (χ0n) is 13.3. The molecule has 0 amide bonds. The molecule has 0 saturated carbocycles. The molecule has 1 atom stereocenters. The summed E-state index contributed by atoms with van der Waals surface area (Å²) in [6.45, 7) is -0.184. The van der Waals surface area contributed by atoms with Gasteiger partial charge in [0.05, 0.1) is 29.2 Å². The third-order valence-corrected chi connectivity index (χ3v) is 4.04. The van der Waals surface area contributed by atoms with Crippen LogP contribution in [0.25, 0.3) is 10.9 Å². The van der Waals surface area contributed by atoms with Crippen LogP contribution in [0.4, 0.5) is 11.4 Å².